The maximum Gasteiger partial charge on any atom is 0.226 e. The van der Waals surface area contributed by atoms with Crippen molar-refractivity contribution in [3.63, 3.8) is 0 Å². The molecule has 5 heterocycles. The molecule has 0 atom stereocenters. The van der Waals surface area contributed by atoms with Crippen LogP contribution in [0.15, 0.2) is 79.4 Å². The van der Waals surface area contributed by atoms with E-state index in [1.165, 1.54) is 0 Å². The zero-order valence-corrected chi connectivity index (χ0v) is 19.8. The fourth-order valence-corrected chi connectivity index (χ4v) is 4.25. The van der Waals surface area contributed by atoms with E-state index in [2.05, 4.69) is 48.7 Å². The van der Waals surface area contributed by atoms with Gasteiger partial charge in [-0.3, -0.25) is 19.9 Å². The minimum absolute atomic E-state index is 0.0561. The normalized spacial score (nSPS) is 11.4. The molecule has 3 N–H and O–H groups in total. The summed E-state index contributed by atoms with van der Waals surface area (Å²) >= 11 is 0. The van der Waals surface area contributed by atoms with Crippen molar-refractivity contribution in [1.29, 1.82) is 0 Å². The van der Waals surface area contributed by atoms with Crippen molar-refractivity contribution in [3.8, 4) is 33.8 Å². The Balaban J connectivity index is 1.41. The van der Waals surface area contributed by atoms with E-state index < -0.39 is 0 Å². The van der Waals surface area contributed by atoms with Crippen LogP contribution in [0.3, 0.4) is 0 Å². The number of H-pyrrole nitrogens is 2. The summed E-state index contributed by atoms with van der Waals surface area (Å²) in [6.07, 6.45) is 6.97. The molecule has 0 unspecified atom stereocenters. The third-order valence-electron chi connectivity index (χ3n) is 6.14. The Hall–Kier alpha value is -4.85. The van der Waals surface area contributed by atoms with Crippen LogP contribution in [-0.2, 0) is 4.79 Å². The van der Waals surface area contributed by atoms with Gasteiger partial charge in [-0.15, -0.1) is 0 Å². The van der Waals surface area contributed by atoms with E-state index in [-0.39, 0.29) is 11.8 Å². The zero-order chi connectivity index (χ0) is 24.6. The Bertz CT molecular complexity index is 1720. The molecule has 36 heavy (non-hydrogen) atoms. The van der Waals surface area contributed by atoms with Gasteiger partial charge in [0.15, 0.2) is 0 Å². The van der Waals surface area contributed by atoms with Gasteiger partial charge in [-0.05, 0) is 53.6 Å². The van der Waals surface area contributed by atoms with Gasteiger partial charge in [-0.25, -0.2) is 4.98 Å². The first kappa shape index (κ1) is 21.7. The number of amides is 1. The number of benzene rings is 1. The predicted molar refractivity (Wildman–Crippen MR) is 141 cm³/mol. The standard InChI is InChI=1S/C28H23N7O/c1-16(2)28(36)31-19-12-18(14-30-15-19)22-6-7-24-26(33-22)27(35-34-24)25-13-21-20(4-3-5-23(21)32-25)17-8-10-29-11-9-17/h3-16,32H,1-2H3,(H,31,36)(H,34,35). The maximum absolute atomic E-state index is 12.1. The molecule has 176 valence electrons. The van der Waals surface area contributed by atoms with Gasteiger partial charge in [0, 0.05) is 41.0 Å². The highest BCUT2D eigenvalue weighted by Crippen LogP contribution is 2.34. The molecule has 5 aromatic heterocycles. The van der Waals surface area contributed by atoms with Crippen LogP contribution in [0.1, 0.15) is 13.8 Å². The molecule has 0 saturated heterocycles. The van der Waals surface area contributed by atoms with Crippen molar-refractivity contribution in [3.05, 3.63) is 79.4 Å². The molecule has 6 aromatic rings. The van der Waals surface area contributed by atoms with Crippen LogP contribution < -0.4 is 5.32 Å². The second-order valence-corrected chi connectivity index (χ2v) is 8.96. The number of nitrogens with one attached hydrogen (secondary N) is 3. The SMILES string of the molecule is CC(C)C(=O)Nc1cncc(-c2ccc3[nH]nc(-c4cc5c(-c6ccncc6)cccc5[nH]4)c3n2)c1. The number of carbonyl (C=O) groups excluding carboxylic acids is 1. The highest BCUT2D eigenvalue weighted by molar-refractivity contribution is 6.00. The van der Waals surface area contributed by atoms with Crippen molar-refractivity contribution < 1.29 is 4.79 Å². The maximum atomic E-state index is 12.1. The number of nitrogens with zero attached hydrogens (tertiary/aromatic N) is 4. The van der Waals surface area contributed by atoms with Crippen LogP contribution in [0.25, 0.3) is 55.7 Å². The molecule has 0 radical (unpaired) electrons. The summed E-state index contributed by atoms with van der Waals surface area (Å²) in [5, 5.41) is 11.7. The van der Waals surface area contributed by atoms with Gasteiger partial charge in [-0.2, -0.15) is 5.10 Å². The van der Waals surface area contributed by atoms with Crippen LogP contribution in [0.4, 0.5) is 5.69 Å². The minimum atomic E-state index is -0.119. The molecule has 1 aromatic carbocycles. The quantitative estimate of drug-likeness (QED) is 0.292. The highest BCUT2D eigenvalue weighted by Gasteiger charge is 2.16. The summed E-state index contributed by atoms with van der Waals surface area (Å²) < 4.78 is 0. The number of fused-ring (bicyclic) bond motifs is 2. The van der Waals surface area contributed by atoms with E-state index in [9.17, 15) is 4.79 Å². The second kappa shape index (κ2) is 8.74. The zero-order valence-electron chi connectivity index (χ0n) is 19.8. The monoisotopic (exact) mass is 473 g/mol. The summed E-state index contributed by atoms with van der Waals surface area (Å²) in [6.45, 7) is 3.71. The molecule has 0 aliphatic carbocycles. The molecule has 0 aliphatic heterocycles. The third-order valence-corrected chi connectivity index (χ3v) is 6.14. The van der Waals surface area contributed by atoms with Crippen LogP contribution in [-0.4, -0.2) is 36.0 Å². The first-order valence-electron chi connectivity index (χ1n) is 11.7. The van der Waals surface area contributed by atoms with Crippen molar-refractivity contribution in [1.82, 2.24) is 30.1 Å². The van der Waals surface area contributed by atoms with Crippen molar-refractivity contribution >= 4 is 33.5 Å². The second-order valence-electron chi connectivity index (χ2n) is 8.96. The molecule has 0 spiro atoms. The molecule has 8 heteroatoms. The number of carbonyl (C=O) groups is 1. The number of aromatic nitrogens is 6. The van der Waals surface area contributed by atoms with Gasteiger partial charge in [0.25, 0.3) is 0 Å². The Labute approximate surface area is 206 Å². The van der Waals surface area contributed by atoms with Gasteiger partial charge in [-0.1, -0.05) is 26.0 Å². The van der Waals surface area contributed by atoms with Gasteiger partial charge in [0.2, 0.25) is 5.91 Å². The molecule has 8 nitrogen and oxygen atoms in total. The smallest absolute Gasteiger partial charge is 0.226 e. The summed E-state index contributed by atoms with van der Waals surface area (Å²) in [5.74, 6) is -0.175. The van der Waals surface area contributed by atoms with Gasteiger partial charge in [0.1, 0.15) is 11.2 Å². The highest BCUT2D eigenvalue weighted by atomic mass is 16.1. The molecule has 1 amide bonds. The average Bonchev–Trinajstić information content (AvgIpc) is 3.53. The number of anilines is 1. The van der Waals surface area contributed by atoms with Crippen molar-refractivity contribution in [2.24, 2.45) is 5.92 Å². The van der Waals surface area contributed by atoms with E-state index in [4.69, 9.17) is 4.98 Å². The number of pyridine rings is 3. The lowest BCUT2D eigenvalue weighted by Gasteiger charge is -2.08. The number of aromatic amines is 2. The van der Waals surface area contributed by atoms with Gasteiger partial charge < -0.3 is 10.3 Å². The van der Waals surface area contributed by atoms with Crippen molar-refractivity contribution in [2.45, 2.75) is 13.8 Å². The fourth-order valence-electron chi connectivity index (χ4n) is 4.25. The molecule has 0 bridgehead atoms. The number of hydrogen-bond donors (Lipinski definition) is 3. The first-order valence-corrected chi connectivity index (χ1v) is 11.7. The number of hydrogen-bond acceptors (Lipinski definition) is 5. The van der Waals surface area contributed by atoms with Gasteiger partial charge in [0.05, 0.1) is 28.8 Å². The van der Waals surface area contributed by atoms with E-state index in [1.807, 2.05) is 50.2 Å². The first-order chi connectivity index (χ1) is 17.6. The Morgan fingerprint density at radius 2 is 1.78 bits per heavy atom. The molecule has 0 fully saturated rings. The van der Waals surface area contributed by atoms with Crippen LogP contribution >= 0.6 is 0 Å². The third kappa shape index (κ3) is 3.88. The van der Waals surface area contributed by atoms with E-state index >= 15 is 0 Å². The minimum Gasteiger partial charge on any atom is -0.353 e. The predicted octanol–water partition coefficient (Wildman–Crippen LogP) is 5.82. The Morgan fingerprint density at radius 1 is 0.917 bits per heavy atom. The molecule has 0 aliphatic rings. The van der Waals surface area contributed by atoms with Crippen molar-refractivity contribution in [2.75, 3.05) is 5.32 Å². The fraction of sp³-hybridized carbons (Fsp3) is 0.107. The van der Waals surface area contributed by atoms with E-state index in [0.717, 1.165) is 55.7 Å². The lowest BCUT2D eigenvalue weighted by Crippen LogP contribution is -2.17. The molecule has 0 saturated carbocycles. The topological polar surface area (TPSA) is 112 Å². The lowest BCUT2D eigenvalue weighted by molar-refractivity contribution is -0.118. The largest absolute Gasteiger partial charge is 0.353 e. The molecule has 6 rings (SSSR count). The van der Waals surface area contributed by atoms with Crippen LogP contribution in [0, 0.1) is 5.92 Å². The summed E-state index contributed by atoms with van der Waals surface area (Å²) in [7, 11) is 0. The van der Waals surface area contributed by atoms with E-state index in [1.54, 1.807) is 24.8 Å². The van der Waals surface area contributed by atoms with Gasteiger partial charge >= 0.3 is 0 Å². The summed E-state index contributed by atoms with van der Waals surface area (Å²) in [5.41, 5.74) is 8.63. The van der Waals surface area contributed by atoms with E-state index in [0.29, 0.717) is 5.69 Å². The van der Waals surface area contributed by atoms with Crippen LogP contribution in [0.5, 0.6) is 0 Å². The Morgan fingerprint density at radius 3 is 2.61 bits per heavy atom. The van der Waals surface area contributed by atoms with Crippen LogP contribution in [0.2, 0.25) is 0 Å². The summed E-state index contributed by atoms with van der Waals surface area (Å²) in [4.78, 5) is 29.0. The lowest BCUT2D eigenvalue weighted by atomic mass is 10.0. The average molecular weight is 474 g/mol. The molecular weight excluding hydrogens is 450 g/mol. The number of rotatable bonds is 5. The Kier molecular flexibility index (Phi) is 5.26. The summed E-state index contributed by atoms with van der Waals surface area (Å²) in [6, 6.07) is 18.1. The molecular formula is C28H23N7O.